The van der Waals surface area contributed by atoms with E-state index >= 15 is 0 Å². The molecule has 1 nitrogen and oxygen atoms in total. The minimum absolute atomic E-state index is 0. The van der Waals surface area contributed by atoms with Gasteiger partial charge in [0.2, 0.25) is 0 Å². The molecule has 0 saturated heterocycles. The zero-order valence-electron chi connectivity index (χ0n) is 25.8. The molecule has 8 rings (SSSR count). The van der Waals surface area contributed by atoms with Crippen molar-refractivity contribution in [2.75, 3.05) is 0 Å². The molecule has 0 unspecified atom stereocenters. The van der Waals surface area contributed by atoms with Crippen LogP contribution in [0.15, 0.2) is 181 Å². The Morgan fingerprint density at radius 1 is 0.468 bits per heavy atom. The first-order valence-electron chi connectivity index (χ1n) is 15.6. The molecule has 229 valence electrons. The van der Waals surface area contributed by atoms with Crippen LogP contribution in [-0.4, -0.2) is 4.98 Å². The van der Waals surface area contributed by atoms with Gasteiger partial charge in [-0.3, -0.25) is 4.98 Å². The van der Waals surface area contributed by atoms with E-state index < -0.39 is 15.8 Å². The Hall–Kier alpha value is -4.28. The van der Waals surface area contributed by atoms with Crippen LogP contribution in [0.4, 0.5) is 0 Å². The van der Waals surface area contributed by atoms with Crippen LogP contribution in [0.2, 0.25) is 0 Å². The van der Waals surface area contributed by atoms with Gasteiger partial charge in [-0.25, -0.2) is 0 Å². The van der Waals surface area contributed by atoms with Gasteiger partial charge in [0.15, 0.2) is 0 Å². The second-order valence-corrected chi connectivity index (χ2v) is 15.7. The van der Waals surface area contributed by atoms with Crippen molar-refractivity contribution in [3.8, 4) is 11.3 Å². The Kier molecular flexibility index (Phi) is 11.1. The first kappa shape index (κ1) is 32.7. The largest absolute Gasteiger partial charge is 0.296 e. The Labute approximate surface area is 293 Å². The van der Waals surface area contributed by atoms with Crippen molar-refractivity contribution >= 4 is 60.1 Å². The number of hydrogen-bond donors (Lipinski definition) is 0. The monoisotopic (exact) mass is 819 g/mol. The van der Waals surface area contributed by atoms with Crippen molar-refractivity contribution in [2.45, 2.75) is 0 Å². The van der Waals surface area contributed by atoms with Crippen molar-refractivity contribution in [3.05, 3.63) is 199 Å². The fourth-order valence-electron chi connectivity index (χ4n) is 5.84. The third-order valence-corrected chi connectivity index (χ3v) is 13.2. The van der Waals surface area contributed by atoms with Crippen LogP contribution >= 0.6 is 15.8 Å². The first-order chi connectivity index (χ1) is 22.8. The van der Waals surface area contributed by atoms with Gasteiger partial charge in [-0.1, -0.05) is 103 Å². The Balaban J connectivity index is 0.000000175. The quantitative estimate of drug-likeness (QED) is 0.116. The second kappa shape index (κ2) is 16.0. The van der Waals surface area contributed by atoms with Crippen LogP contribution in [0.1, 0.15) is 11.1 Å². The third-order valence-electron chi connectivity index (χ3n) is 8.08. The van der Waals surface area contributed by atoms with E-state index in [9.17, 15) is 0 Å². The summed E-state index contributed by atoms with van der Waals surface area (Å²) in [5.74, 6) is 5.01. The fraction of sp³-hybridized carbons (Fsp3) is 0. The predicted molar refractivity (Wildman–Crippen MR) is 205 cm³/mol. The van der Waals surface area contributed by atoms with E-state index in [1.807, 2.05) is 24.3 Å². The molecule has 0 saturated carbocycles. The van der Waals surface area contributed by atoms with Crippen LogP contribution < -0.4 is 21.2 Å². The summed E-state index contributed by atoms with van der Waals surface area (Å²) in [5.41, 5.74) is 5.60. The predicted octanol–water partition coefficient (Wildman–Crippen LogP) is 9.37. The van der Waals surface area contributed by atoms with Gasteiger partial charge in [-0.05, 0) is 71.4 Å². The Morgan fingerprint density at radius 2 is 0.936 bits per heavy atom. The molecule has 47 heavy (non-hydrogen) atoms. The normalized spacial score (nSPS) is 11.4. The second-order valence-electron chi connectivity index (χ2n) is 11.1. The Bertz CT molecular complexity index is 1920. The minimum Gasteiger partial charge on any atom is -0.296 e. The van der Waals surface area contributed by atoms with Gasteiger partial charge in [0.25, 0.3) is 0 Å². The summed E-state index contributed by atoms with van der Waals surface area (Å²) in [6.07, 6.45) is 4.31. The summed E-state index contributed by atoms with van der Waals surface area (Å²) in [5, 5.41) is 6.97. The zero-order valence-corrected chi connectivity index (χ0v) is 30.2. The summed E-state index contributed by atoms with van der Waals surface area (Å²) in [7, 11) is -1.93. The maximum Gasteiger partial charge on any atom is 0.102 e. The van der Waals surface area contributed by atoms with E-state index in [2.05, 4.69) is 175 Å². The van der Waals surface area contributed by atoms with Crippen LogP contribution in [0, 0.1) is 6.07 Å². The molecule has 4 heteroatoms. The van der Waals surface area contributed by atoms with Gasteiger partial charge in [0.05, 0.1) is 21.4 Å². The minimum atomic E-state index is -0.964. The summed E-state index contributed by atoms with van der Waals surface area (Å²) in [4.78, 5) is 4.74. The summed E-state index contributed by atoms with van der Waals surface area (Å²) < 4.78 is 0. The molecule has 1 radical (unpaired) electrons. The van der Waals surface area contributed by atoms with E-state index in [1.165, 1.54) is 37.7 Å². The fourth-order valence-corrected chi connectivity index (χ4v) is 10.8. The molecule has 0 amide bonds. The van der Waals surface area contributed by atoms with Gasteiger partial charge in [0, 0.05) is 25.5 Å². The van der Waals surface area contributed by atoms with Crippen LogP contribution in [0.5, 0.6) is 0 Å². The van der Waals surface area contributed by atoms with Crippen LogP contribution in [0.3, 0.4) is 0 Å². The summed E-state index contributed by atoms with van der Waals surface area (Å²) >= 11 is 0. The molecule has 0 bridgehead atoms. The van der Waals surface area contributed by atoms with Crippen molar-refractivity contribution in [3.63, 3.8) is 0 Å². The Morgan fingerprint density at radius 3 is 1.40 bits per heavy atom. The SMILES string of the molecule is C(=C[PH+](c1ccccc1)c1ccccc1)[PH+](c1ccccc1)c1ccccc1.[Ir].[c-]1ccccc1-c1cc2c3c(cccc3n1)C=C2. The maximum absolute atomic E-state index is 4.74. The van der Waals surface area contributed by atoms with E-state index in [0.29, 0.717) is 0 Å². The molecule has 7 aromatic rings. The van der Waals surface area contributed by atoms with Crippen molar-refractivity contribution in [1.82, 2.24) is 4.98 Å². The molecule has 1 aliphatic rings. The zero-order chi connectivity index (χ0) is 31.0. The average Bonchev–Trinajstić information content (AvgIpc) is 3.56. The molecular formula is C43H34IrNP2+. The molecule has 0 atom stereocenters. The first-order valence-corrected chi connectivity index (χ1v) is 18.7. The topological polar surface area (TPSA) is 12.9 Å². The van der Waals surface area contributed by atoms with Crippen molar-refractivity contribution in [2.24, 2.45) is 0 Å². The third kappa shape index (κ3) is 7.82. The molecule has 0 aliphatic heterocycles. The van der Waals surface area contributed by atoms with Gasteiger partial charge in [0.1, 0.15) is 32.9 Å². The molecule has 1 heterocycles. The molecule has 1 aromatic heterocycles. The number of aromatic nitrogens is 1. The molecule has 1 aliphatic carbocycles. The van der Waals surface area contributed by atoms with Gasteiger partial charge in [-0.2, -0.15) is 0 Å². The smallest absolute Gasteiger partial charge is 0.102 e. The molecule has 6 aromatic carbocycles. The van der Waals surface area contributed by atoms with Crippen molar-refractivity contribution in [1.29, 1.82) is 0 Å². The van der Waals surface area contributed by atoms with E-state index in [1.54, 1.807) is 0 Å². The number of benzene rings is 6. The number of rotatable bonds is 7. The van der Waals surface area contributed by atoms with Gasteiger partial charge >= 0.3 is 0 Å². The molecule has 0 N–H and O–H groups in total. The van der Waals surface area contributed by atoms with E-state index in [-0.39, 0.29) is 20.1 Å². The van der Waals surface area contributed by atoms with Crippen LogP contribution in [-0.2, 0) is 20.1 Å². The number of pyridine rings is 1. The molecule has 0 spiro atoms. The van der Waals surface area contributed by atoms with Crippen molar-refractivity contribution < 1.29 is 20.1 Å². The standard InChI is InChI=1S/C26H22P2.C17H10N.Ir/c1-5-13-23(14-6-1)27(24-15-7-2-8-16-24)21-22-28(25-17-9-3-10-18-25)26-19-11-4-12-20-26;1-2-5-12(6-3-1)16-11-14-10-9-13-7-4-8-15(18-16)17(13)14;/h1-22H;1-5,7-11H;/q;-1;/p+2. The number of nitrogens with zero attached hydrogens (tertiary/aromatic N) is 1. The molecular weight excluding hydrogens is 785 g/mol. The summed E-state index contributed by atoms with van der Waals surface area (Å²) in [6, 6.07) is 63.3. The van der Waals surface area contributed by atoms with E-state index in [4.69, 9.17) is 4.98 Å². The van der Waals surface area contributed by atoms with Gasteiger partial charge in [-0.15, -0.1) is 35.9 Å². The van der Waals surface area contributed by atoms with E-state index in [0.717, 1.165) is 16.8 Å². The maximum atomic E-state index is 4.74. The molecule has 0 fully saturated rings. The summed E-state index contributed by atoms with van der Waals surface area (Å²) in [6.45, 7) is 0. The average molecular weight is 819 g/mol. The van der Waals surface area contributed by atoms with Gasteiger partial charge < -0.3 is 0 Å². The van der Waals surface area contributed by atoms with Crippen LogP contribution in [0.25, 0.3) is 34.3 Å². The number of hydrogen-bond acceptors (Lipinski definition) is 1.